The molecule has 0 bridgehead atoms. The maximum absolute atomic E-state index is 7.35. The molecule has 6 aromatic rings. The molecule has 3 nitrogen and oxygen atoms in total. The Bertz CT molecular complexity index is 2200. The highest BCUT2D eigenvalue weighted by Gasteiger charge is 2.52. The zero-order chi connectivity index (χ0) is 32.4. The quantitative estimate of drug-likeness (QED) is 0.177. The van der Waals surface area contributed by atoms with E-state index in [9.17, 15) is 0 Å². The monoisotopic (exact) mass is 645 g/mol. The lowest BCUT2D eigenvalue weighted by molar-refractivity contribution is 1.19. The average Bonchev–Trinajstić information content (AvgIpc) is 3.05. The third-order valence-corrected chi connectivity index (χ3v) is 15.0. The SMILES string of the molecule is Cc1ccc(N2c3cc(C)cc4c3P3(=S)c5c2ccc(C)c5N(c2ccc(C)cc2)c2c(C)ccc(c23)N4c2ccc(C)cc2)cc1. The number of aryl methyl sites for hydroxylation is 6. The van der Waals surface area contributed by atoms with Crippen LogP contribution in [0.25, 0.3) is 0 Å². The molecule has 0 atom stereocenters. The van der Waals surface area contributed by atoms with Gasteiger partial charge in [-0.15, -0.1) is 0 Å². The van der Waals surface area contributed by atoms with Crippen molar-refractivity contribution in [2.24, 2.45) is 0 Å². The van der Waals surface area contributed by atoms with Gasteiger partial charge in [-0.1, -0.05) is 77.0 Å². The van der Waals surface area contributed by atoms with Gasteiger partial charge in [-0.3, -0.25) is 0 Å². The third-order valence-electron chi connectivity index (χ3n) is 10.1. The molecule has 0 spiro atoms. The van der Waals surface area contributed by atoms with E-state index < -0.39 is 6.04 Å². The first kappa shape index (κ1) is 28.6. The van der Waals surface area contributed by atoms with Crippen LogP contribution in [0.1, 0.15) is 33.4 Å². The normalized spacial score (nSPS) is 14.7. The largest absolute Gasteiger partial charge is 0.309 e. The number of anilines is 9. The molecule has 9 rings (SSSR count). The standard InChI is InChI=1S/C42H36N3PS/c1-25-7-15-31(16-8-25)43-34-21-13-29(5)38-41(34)46(47)40-36(43)23-28(4)24-37(40)44(32-17-9-26(2)10-18-32)35-22-14-30(6)39(42(35)46)45(38)33-19-11-27(3)12-20-33/h7-24H,1-6H3. The van der Waals surface area contributed by atoms with Gasteiger partial charge in [0, 0.05) is 33.0 Å². The molecule has 230 valence electrons. The Morgan fingerprint density at radius 3 is 1.13 bits per heavy atom. The average molecular weight is 646 g/mol. The highest BCUT2D eigenvalue weighted by Crippen LogP contribution is 2.67. The van der Waals surface area contributed by atoms with Gasteiger partial charge in [-0.25, -0.2) is 0 Å². The Labute approximate surface area is 282 Å². The predicted molar refractivity (Wildman–Crippen MR) is 206 cm³/mol. The smallest absolute Gasteiger partial charge is 0.0603 e. The summed E-state index contributed by atoms with van der Waals surface area (Å²) in [5.41, 5.74) is 18.2. The lowest BCUT2D eigenvalue weighted by atomic mass is 10.0. The summed E-state index contributed by atoms with van der Waals surface area (Å²) in [5, 5.41) is 3.89. The summed E-state index contributed by atoms with van der Waals surface area (Å²) in [5.74, 6) is 0. The molecule has 6 aromatic carbocycles. The molecule has 0 radical (unpaired) electrons. The number of benzene rings is 6. The second kappa shape index (κ2) is 9.94. The zero-order valence-electron chi connectivity index (χ0n) is 27.6. The number of nitrogens with zero attached hydrogens (tertiary/aromatic N) is 3. The van der Waals surface area contributed by atoms with E-state index in [-0.39, 0.29) is 0 Å². The highest BCUT2D eigenvalue weighted by molar-refractivity contribution is 8.26. The number of hydrogen-bond acceptors (Lipinski definition) is 4. The molecule has 0 aromatic heterocycles. The summed E-state index contributed by atoms with van der Waals surface area (Å²) in [7, 11) is 0. The van der Waals surface area contributed by atoms with Gasteiger partial charge < -0.3 is 14.7 Å². The number of hydrogen-bond donors (Lipinski definition) is 0. The summed E-state index contributed by atoms with van der Waals surface area (Å²) >= 11 is 7.35. The minimum atomic E-state index is -2.55. The van der Waals surface area contributed by atoms with E-state index in [4.69, 9.17) is 11.8 Å². The maximum atomic E-state index is 7.35. The van der Waals surface area contributed by atoms with Crippen LogP contribution >= 0.6 is 6.04 Å². The van der Waals surface area contributed by atoms with E-state index in [1.807, 2.05) is 0 Å². The van der Waals surface area contributed by atoms with Crippen LogP contribution in [0.2, 0.25) is 0 Å². The molecule has 3 aliphatic rings. The van der Waals surface area contributed by atoms with Gasteiger partial charge in [0.15, 0.2) is 0 Å². The molecule has 3 aliphatic heterocycles. The first-order chi connectivity index (χ1) is 22.7. The lowest BCUT2D eigenvalue weighted by Gasteiger charge is -2.52. The van der Waals surface area contributed by atoms with Crippen molar-refractivity contribution < 1.29 is 0 Å². The molecule has 0 N–H and O–H groups in total. The Kier molecular flexibility index (Phi) is 6.04. The molecule has 0 fully saturated rings. The molecule has 0 unspecified atom stereocenters. The van der Waals surface area contributed by atoms with Crippen LogP contribution < -0.4 is 30.6 Å². The van der Waals surface area contributed by atoms with Crippen molar-refractivity contribution in [3.05, 3.63) is 143 Å². The van der Waals surface area contributed by atoms with Crippen LogP contribution in [0.4, 0.5) is 51.2 Å². The fourth-order valence-electron chi connectivity index (χ4n) is 7.89. The van der Waals surface area contributed by atoms with E-state index in [0.717, 1.165) is 17.1 Å². The van der Waals surface area contributed by atoms with Crippen LogP contribution in [0.15, 0.2) is 109 Å². The van der Waals surface area contributed by atoms with Crippen LogP contribution in [0.3, 0.4) is 0 Å². The highest BCUT2D eigenvalue weighted by atomic mass is 32.4. The van der Waals surface area contributed by atoms with Gasteiger partial charge in [-0.2, -0.15) is 0 Å². The minimum absolute atomic E-state index is 1.15. The van der Waals surface area contributed by atoms with Gasteiger partial charge >= 0.3 is 0 Å². The molecular weight excluding hydrogens is 610 g/mol. The van der Waals surface area contributed by atoms with Crippen molar-refractivity contribution in [3.8, 4) is 0 Å². The van der Waals surface area contributed by atoms with Crippen molar-refractivity contribution in [2.45, 2.75) is 41.5 Å². The Hall–Kier alpha value is -4.63. The van der Waals surface area contributed by atoms with E-state index in [0.29, 0.717) is 0 Å². The molecular formula is C42H36N3PS. The Morgan fingerprint density at radius 1 is 0.383 bits per heavy atom. The van der Waals surface area contributed by atoms with E-state index in [2.05, 4.69) is 165 Å². The van der Waals surface area contributed by atoms with Crippen LogP contribution in [0, 0.1) is 41.5 Å². The van der Waals surface area contributed by atoms with Crippen molar-refractivity contribution in [2.75, 3.05) is 14.7 Å². The predicted octanol–water partition coefficient (Wildman–Crippen LogP) is 10.6. The second-order valence-electron chi connectivity index (χ2n) is 13.5. The first-order valence-electron chi connectivity index (χ1n) is 16.3. The second-order valence-corrected chi connectivity index (χ2v) is 17.7. The summed E-state index contributed by atoms with van der Waals surface area (Å²) in [6, 6.07) is 38.3. The summed E-state index contributed by atoms with van der Waals surface area (Å²) < 4.78 is 0. The van der Waals surface area contributed by atoms with Gasteiger partial charge in [0.2, 0.25) is 0 Å². The minimum Gasteiger partial charge on any atom is -0.309 e. The van der Waals surface area contributed by atoms with Crippen molar-refractivity contribution in [1.82, 2.24) is 0 Å². The fourth-order valence-corrected chi connectivity index (χ4v) is 13.3. The van der Waals surface area contributed by atoms with Crippen LogP contribution in [-0.2, 0) is 11.8 Å². The fraction of sp³-hybridized carbons (Fsp3) is 0.143. The molecule has 0 saturated heterocycles. The Morgan fingerprint density at radius 2 is 0.745 bits per heavy atom. The molecule has 47 heavy (non-hydrogen) atoms. The maximum Gasteiger partial charge on any atom is 0.0603 e. The topological polar surface area (TPSA) is 9.72 Å². The van der Waals surface area contributed by atoms with E-state index in [1.54, 1.807) is 0 Å². The Balaban J connectivity index is 1.50. The van der Waals surface area contributed by atoms with E-state index in [1.165, 1.54) is 83.4 Å². The lowest BCUT2D eigenvalue weighted by Crippen LogP contribution is -2.48. The van der Waals surface area contributed by atoms with E-state index >= 15 is 0 Å². The molecule has 3 heterocycles. The molecule has 5 heteroatoms. The zero-order valence-corrected chi connectivity index (χ0v) is 29.3. The van der Waals surface area contributed by atoms with Gasteiger partial charge in [0.25, 0.3) is 0 Å². The summed E-state index contributed by atoms with van der Waals surface area (Å²) in [6.45, 7) is 13.2. The molecule has 0 saturated carbocycles. The van der Waals surface area contributed by atoms with Gasteiger partial charge in [-0.05, 0) is 119 Å². The van der Waals surface area contributed by atoms with Crippen molar-refractivity contribution >= 4 is 84.9 Å². The van der Waals surface area contributed by atoms with Crippen LogP contribution in [0.5, 0.6) is 0 Å². The van der Waals surface area contributed by atoms with Gasteiger partial charge in [0.1, 0.15) is 0 Å². The molecule has 0 amide bonds. The molecule has 0 aliphatic carbocycles. The summed E-state index contributed by atoms with van der Waals surface area (Å²) in [6.07, 6.45) is 0. The van der Waals surface area contributed by atoms with Crippen molar-refractivity contribution in [1.29, 1.82) is 0 Å². The summed E-state index contributed by atoms with van der Waals surface area (Å²) in [4.78, 5) is 7.50. The third kappa shape index (κ3) is 3.83. The number of rotatable bonds is 3. The van der Waals surface area contributed by atoms with Crippen LogP contribution in [-0.4, -0.2) is 0 Å². The first-order valence-corrected chi connectivity index (χ1v) is 19.1. The van der Waals surface area contributed by atoms with Gasteiger partial charge in [0.05, 0.1) is 40.2 Å². The van der Waals surface area contributed by atoms with Crippen molar-refractivity contribution in [3.63, 3.8) is 0 Å².